The molecule has 0 radical (unpaired) electrons. The molecule has 1 saturated heterocycles. The van der Waals surface area contributed by atoms with Crippen LogP contribution in [0.15, 0.2) is 15.5 Å². The number of rotatable bonds is 6. The Balaban J connectivity index is 1.89. The minimum atomic E-state index is -3.73. The molecule has 2 aromatic heterocycles. The number of nitrogens with one attached hydrogen (secondary N) is 2. The minimum absolute atomic E-state index is 0.103. The molecule has 2 N–H and O–H groups in total. The third kappa shape index (κ3) is 3.57. The molecule has 1 aliphatic heterocycles. The van der Waals surface area contributed by atoms with Gasteiger partial charge in [-0.25, -0.2) is 18.4 Å². The smallest absolute Gasteiger partial charge is 0.248 e. The molecule has 3 heterocycles. The van der Waals surface area contributed by atoms with Crippen LogP contribution >= 0.6 is 0 Å². The summed E-state index contributed by atoms with van der Waals surface area (Å²) in [5.74, 6) is 1.64. The van der Waals surface area contributed by atoms with Gasteiger partial charge in [-0.3, -0.25) is 0 Å². The van der Waals surface area contributed by atoms with Crippen LogP contribution in [-0.4, -0.2) is 48.5 Å². The Morgan fingerprint density at radius 1 is 1.38 bits per heavy atom. The van der Waals surface area contributed by atoms with E-state index in [1.54, 1.807) is 27.0 Å². The van der Waals surface area contributed by atoms with Gasteiger partial charge in [-0.2, -0.15) is 4.31 Å². The Kier molecular flexibility index (Phi) is 5.26. The zero-order valence-electron chi connectivity index (χ0n) is 15.4. The van der Waals surface area contributed by atoms with E-state index in [2.05, 4.69) is 25.8 Å². The van der Waals surface area contributed by atoms with Gasteiger partial charge in [0.1, 0.15) is 22.2 Å². The number of hydrogen-bond acceptors (Lipinski definition) is 8. The summed E-state index contributed by atoms with van der Waals surface area (Å²) in [7, 11) is -0.422. The van der Waals surface area contributed by atoms with Crippen molar-refractivity contribution in [1.29, 1.82) is 0 Å². The summed E-state index contributed by atoms with van der Waals surface area (Å²) in [4.78, 5) is 9.20. The predicted octanol–water partition coefficient (Wildman–Crippen LogP) is 1.37. The predicted molar refractivity (Wildman–Crippen MR) is 96.2 cm³/mol. The van der Waals surface area contributed by atoms with Crippen LogP contribution in [0.1, 0.15) is 41.9 Å². The second-order valence-electron chi connectivity index (χ2n) is 6.42. The van der Waals surface area contributed by atoms with Crippen molar-refractivity contribution < 1.29 is 12.9 Å². The standard InChI is InChI=1S/C16H24N6O3S/c1-10-15(11(2)25-21-10)26(23,24)22(4)9-12-8-14(17-3)20-16(19-12)13-6-5-7-18-13/h8,13,18H,5-7,9H2,1-4H3,(H,17,19,20). The van der Waals surface area contributed by atoms with E-state index in [0.29, 0.717) is 23.0 Å². The Bertz CT molecular complexity index is 870. The van der Waals surface area contributed by atoms with Gasteiger partial charge in [-0.15, -0.1) is 0 Å². The molecule has 0 amide bonds. The van der Waals surface area contributed by atoms with E-state index in [1.807, 2.05) is 0 Å². The van der Waals surface area contributed by atoms with Gasteiger partial charge in [0.25, 0.3) is 0 Å². The highest BCUT2D eigenvalue weighted by Gasteiger charge is 2.29. The monoisotopic (exact) mass is 380 g/mol. The Morgan fingerprint density at radius 3 is 2.73 bits per heavy atom. The van der Waals surface area contributed by atoms with Crippen molar-refractivity contribution in [2.45, 2.75) is 44.2 Å². The normalized spacial score (nSPS) is 17.8. The van der Waals surface area contributed by atoms with Crippen molar-refractivity contribution >= 4 is 15.8 Å². The van der Waals surface area contributed by atoms with Gasteiger partial charge in [0.2, 0.25) is 10.0 Å². The maximum atomic E-state index is 12.9. The van der Waals surface area contributed by atoms with E-state index in [4.69, 9.17) is 4.52 Å². The fourth-order valence-corrected chi connectivity index (χ4v) is 4.52. The van der Waals surface area contributed by atoms with Crippen molar-refractivity contribution in [3.8, 4) is 0 Å². The van der Waals surface area contributed by atoms with E-state index < -0.39 is 10.0 Å². The summed E-state index contributed by atoms with van der Waals surface area (Å²) in [5.41, 5.74) is 0.981. The molecule has 26 heavy (non-hydrogen) atoms. The Labute approximate surface area is 153 Å². The minimum Gasteiger partial charge on any atom is -0.373 e. The zero-order chi connectivity index (χ0) is 18.9. The van der Waals surface area contributed by atoms with Crippen molar-refractivity contribution in [3.05, 3.63) is 29.0 Å². The number of sulfonamides is 1. The van der Waals surface area contributed by atoms with Crippen molar-refractivity contribution in [3.63, 3.8) is 0 Å². The number of hydrogen-bond donors (Lipinski definition) is 2. The van der Waals surface area contributed by atoms with Crippen LogP contribution in [0.25, 0.3) is 0 Å². The molecular weight excluding hydrogens is 356 g/mol. The molecule has 2 aromatic rings. The SMILES string of the molecule is CNc1cc(CN(C)S(=O)(=O)c2c(C)noc2C)nc(C2CCCN2)n1. The molecule has 0 spiro atoms. The van der Waals surface area contributed by atoms with Crippen molar-refractivity contribution in [1.82, 2.24) is 24.7 Å². The van der Waals surface area contributed by atoms with Crippen LogP contribution in [0.4, 0.5) is 5.82 Å². The van der Waals surface area contributed by atoms with Gasteiger partial charge in [-0.05, 0) is 33.2 Å². The summed E-state index contributed by atoms with van der Waals surface area (Å²) in [5, 5.41) is 10.1. The lowest BCUT2D eigenvalue weighted by atomic mass is 10.2. The topological polar surface area (TPSA) is 113 Å². The van der Waals surface area contributed by atoms with Crippen LogP contribution in [0.5, 0.6) is 0 Å². The van der Waals surface area contributed by atoms with Crippen molar-refractivity contribution in [2.24, 2.45) is 0 Å². The van der Waals surface area contributed by atoms with Gasteiger partial charge < -0.3 is 15.2 Å². The molecule has 0 aromatic carbocycles. The first kappa shape index (κ1) is 18.7. The van der Waals surface area contributed by atoms with Crippen LogP contribution in [0.2, 0.25) is 0 Å². The first-order valence-corrected chi connectivity index (χ1v) is 9.95. The van der Waals surface area contributed by atoms with Gasteiger partial charge in [0, 0.05) is 20.2 Å². The molecule has 142 valence electrons. The van der Waals surface area contributed by atoms with E-state index in [1.165, 1.54) is 11.4 Å². The molecule has 0 bridgehead atoms. The van der Waals surface area contributed by atoms with Gasteiger partial charge in [0.15, 0.2) is 5.76 Å². The largest absolute Gasteiger partial charge is 0.373 e. The van der Waals surface area contributed by atoms with Crippen LogP contribution < -0.4 is 10.6 Å². The van der Waals surface area contributed by atoms with E-state index in [-0.39, 0.29) is 23.2 Å². The Hall–Kier alpha value is -2.04. The number of anilines is 1. The average molecular weight is 380 g/mol. The fraction of sp³-hybridized carbons (Fsp3) is 0.562. The molecule has 9 nitrogen and oxygen atoms in total. The highest BCUT2D eigenvalue weighted by Crippen LogP contribution is 2.25. The van der Waals surface area contributed by atoms with Crippen LogP contribution in [0, 0.1) is 13.8 Å². The third-order valence-electron chi connectivity index (χ3n) is 4.45. The molecule has 1 atom stereocenters. The van der Waals surface area contributed by atoms with E-state index >= 15 is 0 Å². The second kappa shape index (κ2) is 7.29. The number of aromatic nitrogens is 3. The first-order valence-electron chi connectivity index (χ1n) is 8.51. The molecule has 1 aliphatic rings. The summed E-state index contributed by atoms with van der Waals surface area (Å²) in [6.45, 7) is 4.27. The van der Waals surface area contributed by atoms with E-state index in [0.717, 1.165) is 19.4 Å². The highest BCUT2D eigenvalue weighted by atomic mass is 32.2. The first-order chi connectivity index (χ1) is 12.3. The quantitative estimate of drug-likeness (QED) is 0.772. The summed E-state index contributed by atoms with van der Waals surface area (Å²) >= 11 is 0. The lowest BCUT2D eigenvalue weighted by Crippen LogP contribution is -2.28. The maximum Gasteiger partial charge on any atom is 0.248 e. The zero-order valence-corrected chi connectivity index (χ0v) is 16.2. The van der Waals surface area contributed by atoms with Gasteiger partial charge >= 0.3 is 0 Å². The average Bonchev–Trinajstić information content (AvgIpc) is 3.24. The third-order valence-corrected chi connectivity index (χ3v) is 6.49. The molecule has 10 heteroatoms. The van der Waals surface area contributed by atoms with Crippen molar-refractivity contribution in [2.75, 3.05) is 26.0 Å². The second-order valence-corrected chi connectivity index (χ2v) is 8.40. The fourth-order valence-electron chi connectivity index (χ4n) is 3.10. The molecule has 0 saturated carbocycles. The highest BCUT2D eigenvalue weighted by molar-refractivity contribution is 7.89. The van der Waals surface area contributed by atoms with Gasteiger partial charge in [-0.1, -0.05) is 5.16 Å². The van der Waals surface area contributed by atoms with E-state index in [9.17, 15) is 8.42 Å². The number of nitrogens with zero attached hydrogens (tertiary/aromatic N) is 4. The lowest BCUT2D eigenvalue weighted by Gasteiger charge is -2.18. The molecule has 3 rings (SSSR count). The summed E-state index contributed by atoms with van der Waals surface area (Å²) in [6, 6.07) is 1.86. The number of aryl methyl sites for hydroxylation is 2. The molecule has 1 unspecified atom stereocenters. The van der Waals surface area contributed by atoms with Crippen LogP contribution in [0.3, 0.4) is 0 Å². The van der Waals surface area contributed by atoms with Crippen LogP contribution in [-0.2, 0) is 16.6 Å². The molecule has 1 fully saturated rings. The Morgan fingerprint density at radius 2 is 2.15 bits per heavy atom. The summed E-state index contributed by atoms with van der Waals surface area (Å²) < 4.78 is 32.0. The molecule has 0 aliphatic carbocycles. The van der Waals surface area contributed by atoms with Gasteiger partial charge in [0.05, 0.1) is 18.3 Å². The molecular formula is C16H24N6O3S. The maximum absolute atomic E-state index is 12.9. The summed E-state index contributed by atoms with van der Waals surface area (Å²) in [6.07, 6.45) is 2.05. The lowest BCUT2D eigenvalue weighted by molar-refractivity contribution is 0.389.